The van der Waals surface area contributed by atoms with Crippen molar-refractivity contribution in [2.75, 3.05) is 5.32 Å². The Morgan fingerprint density at radius 2 is 1.90 bits per heavy atom. The van der Waals surface area contributed by atoms with Crippen molar-refractivity contribution in [1.29, 1.82) is 0 Å². The molecule has 0 bridgehead atoms. The normalized spacial score (nSPS) is 14.1. The molecule has 10 heteroatoms. The summed E-state index contributed by atoms with van der Waals surface area (Å²) in [5.74, 6) is -0.979. The number of aromatic hydroxyl groups is 1. The molecule has 31 heavy (non-hydrogen) atoms. The lowest BCUT2D eigenvalue weighted by Crippen LogP contribution is -2.21. The third-order valence-electron chi connectivity index (χ3n) is 4.55. The Kier molecular flexibility index (Phi) is 5.50. The van der Waals surface area contributed by atoms with Crippen LogP contribution in [0.15, 0.2) is 53.5 Å². The lowest BCUT2D eigenvalue weighted by atomic mass is 10.1. The monoisotopic (exact) mass is 461 g/mol. The second-order valence-electron chi connectivity index (χ2n) is 6.61. The molecule has 2 N–H and O–H groups in total. The summed E-state index contributed by atoms with van der Waals surface area (Å²) in [5.41, 5.74) is 1.17. The van der Waals surface area contributed by atoms with Gasteiger partial charge in [0.2, 0.25) is 11.8 Å². The molecular weight excluding hydrogens is 447 g/mol. The van der Waals surface area contributed by atoms with Gasteiger partial charge >= 0.3 is 6.18 Å². The van der Waals surface area contributed by atoms with Crippen molar-refractivity contribution in [2.45, 2.75) is 12.7 Å². The number of aromatic nitrogens is 1. The smallest absolute Gasteiger partial charge is 0.418 e. The van der Waals surface area contributed by atoms with E-state index in [1.807, 2.05) is 24.3 Å². The summed E-state index contributed by atoms with van der Waals surface area (Å²) in [6.07, 6.45) is -1.24. The van der Waals surface area contributed by atoms with Crippen LogP contribution in [-0.2, 0) is 17.5 Å². The summed E-state index contributed by atoms with van der Waals surface area (Å²) in [6.45, 7) is -0.429. The number of anilines is 1. The molecule has 5 nitrogen and oxygen atoms in total. The summed E-state index contributed by atoms with van der Waals surface area (Å²) < 4.78 is 40.8. The highest BCUT2D eigenvalue weighted by molar-refractivity contribution is 7.73. The first-order valence-electron chi connectivity index (χ1n) is 8.98. The van der Waals surface area contributed by atoms with Crippen LogP contribution in [0.25, 0.3) is 11.6 Å². The number of nitrogens with zero attached hydrogens (tertiary/aromatic N) is 2. The van der Waals surface area contributed by atoms with Crippen LogP contribution in [0.5, 0.6) is 5.88 Å². The van der Waals surface area contributed by atoms with Crippen LogP contribution in [0, 0.1) is 3.95 Å². The standard InChI is InChI=1S/C21H14F3N3O2S2/c22-21(23,24)14-6-2-4-8-16(14)26-18(28)11-27-19(29)17(31-20(27)30)9-12-10-25-15-7-3-1-5-13(12)15/h1-10,29H,11H2,(H,26,28)/b12-9-. The molecule has 158 valence electrons. The van der Waals surface area contributed by atoms with E-state index in [4.69, 9.17) is 12.2 Å². The predicted molar refractivity (Wildman–Crippen MR) is 117 cm³/mol. The zero-order valence-corrected chi connectivity index (χ0v) is 17.3. The van der Waals surface area contributed by atoms with Crippen LogP contribution in [-0.4, -0.2) is 21.8 Å². The van der Waals surface area contributed by atoms with E-state index < -0.39 is 24.2 Å². The Balaban J connectivity index is 1.57. The maximum Gasteiger partial charge on any atom is 0.418 e. The molecule has 3 aromatic rings. The number of alkyl halides is 3. The predicted octanol–water partition coefficient (Wildman–Crippen LogP) is 5.90. The number of para-hydroxylation sites is 2. The van der Waals surface area contributed by atoms with E-state index in [1.165, 1.54) is 22.8 Å². The first-order chi connectivity index (χ1) is 14.7. The first-order valence-corrected chi connectivity index (χ1v) is 10.2. The first kappa shape index (κ1) is 21.0. The molecule has 0 saturated heterocycles. The van der Waals surface area contributed by atoms with Gasteiger partial charge in [-0.3, -0.25) is 14.4 Å². The van der Waals surface area contributed by atoms with Gasteiger partial charge in [0, 0.05) is 17.4 Å². The largest absolute Gasteiger partial charge is 0.493 e. The molecule has 0 spiro atoms. The lowest BCUT2D eigenvalue weighted by Gasteiger charge is -2.13. The van der Waals surface area contributed by atoms with E-state index in [-0.39, 0.29) is 15.5 Å². The Morgan fingerprint density at radius 1 is 1.19 bits per heavy atom. The maximum absolute atomic E-state index is 13.1. The second kappa shape index (κ2) is 8.12. The fourth-order valence-electron chi connectivity index (χ4n) is 3.12. The summed E-state index contributed by atoms with van der Waals surface area (Å²) in [7, 11) is 0. The molecular formula is C21H14F3N3O2S2. The molecule has 1 amide bonds. The van der Waals surface area contributed by atoms with Crippen LogP contribution < -0.4 is 5.32 Å². The Hall–Kier alpha value is -3.24. The molecule has 0 atom stereocenters. The SMILES string of the molecule is O=C(Cn1c(O)c(/C=C2/C=Nc3ccccc32)sc1=S)Nc1ccccc1C(F)(F)F. The van der Waals surface area contributed by atoms with E-state index in [0.717, 1.165) is 34.2 Å². The van der Waals surface area contributed by atoms with E-state index in [0.29, 0.717) is 4.88 Å². The van der Waals surface area contributed by atoms with Crippen molar-refractivity contribution >= 4 is 58.7 Å². The molecule has 2 aromatic carbocycles. The number of thiazole rings is 1. The van der Waals surface area contributed by atoms with Crippen LogP contribution in [0.3, 0.4) is 0 Å². The third-order valence-corrected chi connectivity index (χ3v) is 5.93. The number of allylic oxidation sites excluding steroid dienone is 1. The van der Waals surface area contributed by atoms with Gasteiger partial charge in [-0.1, -0.05) is 30.3 Å². The molecule has 4 rings (SSSR count). The number of halogens is 3. The number of fused-ring (bicyclic) bond motifs is 1. The molecule has 2 heterocycles. The summed E-state index contributed by atoms with van der Waals surface area (Å²) in [4.78, 5) is 17.1. The molecule has 0 aliphatic carbocycles. The number of aliphatic imine (C=N–C) groups is 1. The molecule has 1 aliphatic rings. The fourth-order valence-corrected chi connectivity index (χ4v) is 4.37. The van der Waals surface area contributed by atoms with Crippen molar-refractivity contribution < 1.29 is 23.1 Å². The maximum atomic E-state index is 13.1. The fraction of sp³-hybridized carbons (Fsp3) is 0.0952. The highest BCUT2D eigenvalue weighted by Crippen LogP contribution is 2.36. The molecule has 0 saturated carbocycles. The lowest BCUT2D eigenvalue weighted by molar-refractivity contribution is -0.137. The van der Waals surface area contributed by atoms with E-state index >= 15 is 0 Å². The zero-order valence-electron chi connectivity index (χ0n) is 15.7. The van der Waals surface area contributed by atoms with E-state index in [1.54, 1.807) is 12.3 Å². The highest BCUT2D eigenvalue weighted by atomic mass is 32.1. The Bertz CT molecular complexity index is 1290. The van der Waals surface area contributed by atoms with Crippen molar-refractivity contribution in [3.05, 3.63) is 68.5 Å². The van der Waals surface area contributed by atoms with Gasteiger partial charge in [-0.25, -0.2) is 0 Å². The van der Waals surface area contributed by atoms with E-state index in [2.05, 4.69) is 10.3 Å². The molecule has 1 aromatic heterocycles. The molecule has 1 aliphatic heterocycles. The van der Waals surface area contributed by atoms with Gasteiger partial charge in [-0.2, -0.15) is 13.2 Å². The summed E-state index contributed by atoms with van der Waals surface area (Å²) >= 11 is 6.33. The molecule has 0 radical (unpaired) electrons. The Labute approximate surface area is 183 Å². The number of hydrogen-bond donors (Lipinski definition) is 2. The molecule has 0 unspecified atom stereocenters. The number of amides is 1. The van der Waals surface area contributed by atoms with Crippen LogP contribution in [0.1, 0.15) is 16.0 Å². The minimum absolute atomic E-state index is 0.215. The zero-order chi connectivity index (χ0) is 22.2. The number of rotatable bonds is 4. The quantitative estimate of drug-likeness (QED) is 0.476. The van der Waals surface area contributed by atoms with Crippen molar-refractivity contribution in [2.24, 2.45) is 4.99 Å². The third kappa shape index (κ3) is 4.30. The number of hydrogen-bond acceptors (Lipinski definition) is 5. The highest BCUT2D eigenvalue weighted by Gasteiger charge is 2.33. The second-order valence-corrected chi connectivity index (χ2v) is 8.28. The number of nitrogens with one attached hydrogen (secondary N) is 1. The van der Waals surface area contributed by atoms with Gasteiger partial charge in [0.1, 0.15) is 6.54 Å². The average molecular weight is 461 g/mol. The topological polar surface area (TPSA) is 66.6 Å². The van der Waals surface area contributed by atoms with Gasteiger partial charge in [0.05, 0.1) is 21.8 Å². The van der Waals surface area contributed by atoms with Gasteiger partial charge in [-0.15, -0.1) is 11.3 Å². The number of benzene rings is 2. The van der Waals surface area contributed by atoms with Gasteiger partial charge in [0.25, 0.3) is 0 Å². The average Bonchev–Trinajstić information content (AvgIpc) is 3.24. The van der Waals surface area contributed by atoms with Crippen molar-refractivity contribution in [3.8, 4) is 5.88 Å². The minimum atomic E-state index is -4.61. The minimum Gasteiger partial charge on any atom is -0.493 e. The van der Waals surface area contributed by atoms with E-state index in [9.17, 15) is 23.1 Å². The number of carbonyl (C=O) groups is 1. The van der Waals surface area contributed by atoms with Gasteiger partial charge in [-0.05, 0) is 36.5 Å². The molecule has 0 fully saturated rings. The Morgan fingerprint density at radius 3 is 2.68 bits per heavy atom. The van der Waals surface area contributed by atoms with Crippen LogP contribution in [0.4, 0.5) is 24.5 Å². The number of carbonyl (C=O) groups excluding carboxylic acids is 1. The van der Waals surface area contributed by atoms with Crippen LogP contribution >= 0.6 is 23.6 Å². The van der Waals surface area contributed by atoms with Crippen molar-refractivity contribution in [1.82, 2.24) is 4.57 Å². The summed E-state index contributed by atoms with van der Waals surface area (Å²) in [6, 6.07) is 12.2. The van der Waals surface area contributed by atoms with Crippen molar-refractivity contribution in [3.63, 3.8) is 0 Å². The summed E-state index contributed by atoms with van der Waals surface area (Å²) in [5, 5.41) is 12.8. The van der Waals surface area contributed by atoms with Gasteiger partial charge in [0.15, 0.2) is 3.95 Å². The van der Waals surface area contributed by atoms with Crippen LogP contribution in [0.2, 0.25) is 0 Å². The van der Waals surface area contributed by atoms with Gasteiger partial charge < -0.3 is 10.4 Å².